The third-order valence-electron chi connectivity index (χ3n) is 3.27. The molecule has 0 saturated heterocycles. The molecule has 2 nitrogen and oxygen atoms in total. The Bertz CT molecular complexity index is 328. The van der Waals surface area contributed by atoms with E-state index in [1.807, 2.05) is 24.4 Å². The lowest BCUT2D eigenvalue weighted by molar-refractivity contribution is 0.294. The summed E-state index contributed by atoms with van der Waals surface area (Å²) in [7, 11) is 0. The Hall–Kier alpha value is -1.15. The van der Waals surface area contributed by atoms with Crippen LogP contribution >= 0.6 is 0 Å². The zero-order chi connectivity index (χ0) is 13.2. The van der Waals surface area contributed by atoms with Crippen LogP contribution in [0.5, 0.6) is 0 Å². The van der Waals surface area contributed by atoms with E-state index in [9.17, 15) is 0 Å². The number of nitrogens with zero attached hydrogens (tertiary/aromatic N) is 2. The second kappa shape index (κ2) is 8.87. The van der Waals surface area contributed by atoms with Gasteiger partial charge in [0, 0.05) is 12.3 Å². The predicted molar refractivity (Wildman–Crippen MR) is 80.5 cm³/mol. The van der Waals surface area contributed by atoms with Crippen LogP contribution in [0.1, 0.15) is 39.2 Å². The Morgan fingerprint density at radius 2 is 1.83 bits per heavy atom. The Labute approximate surface area is 112 Å². The molecule has 0 aromatic heterocycles. The third kappa shape index (κ3) is 5.97. The van der Waals surface area contributed by atoms with Crippen molar-refractivity contribution in [3.63, 3.8) is 0 Å². The normalized spacial score (nSPS) is 13.3. The molecule has 0 heterocycles. The molecule has 1 aromatic rings. The molecule has 0 spiro atoms. The van der Waals surface area contributed by atoms with Gasteiger partial charge in [-0.3, -0.25) is 4.99 Å². The van der Waals surface area contributed by atoms with Crippen LogP contribution in [0.25, 0.3) is 0 Å². The average molecular weight is 246 g/mol. The molecule has 18 heavy (non-hydrogen) atoms. The van der Waals surface area contributed by atoms with Crippen molar-refractivity contribution in [3.05, 3.63) is 35.9 Å². The maximum atomic E-state index is 4.60. The monoisotopic (exact) mass is 246 g/mol. The molecule has 100 valence electrons. The van der Waals surface area contributed by atoms with Gasteiger partial charge in [-0.15, -0.1) is 0 Å². The van der Waals surface area contributed by atoms with Crippen molar-refractivity contribution >= 4 is 6.21 Å². The van der Waals surface area contributed by atoms with E-state index >= 15 is 0 Å². The van der Waals surface area contributed by atoms with Crippen LogP contribution in [0.15, 0.2) is 35.3 Å². The summed E-state index contributed by atoms with van der Waals surface area (Å²) in [4.78, 5) is 7.07. The molecule has 1 rings (SSSR count). The highest BCUT2D eigenvalue weighted by Gasteiger charge is 2.01. The summed E-state index contributed by atoms with van der Waals surface area (Å²) >= 11 is 0. The molecule has 0 amide bonds. The molecule has 1 aromatic carbocycles. The van der Waals surface area contributed by atoms with Gasteiger partial charge in [-0.2, -0.15) is 0 Å². The van der Waals surface area contributed by atoms with E-state index in [0.717, 1.165) is 13.1 Å². The van der Waals surface area contributed by atoms with E-state index in [1.165, 1.54) is 24.9 Å². The highest BCUT2D eigenvalue weighted by Crippen LogP contribution is 2.04. The number of aliphatic imine (C=N–C) groups is 1. The molecule has 0 N–H and O–H groups in total. The molecule has 0 aliphatic heterocycles. The fourth-order valence-corrected chi connectivity index (χ4v) is 1.98. The van der Waals surface area contributed by atoms with E-state index in [2.05, 4.69) is 42.8 Å². The van der Waals surface area contributed by atoms with Crippen molar-refractivity contribution in [1.29, 1.82) is 0 Å². The highest BCUT2D eigenvalue weighted by atomic mass is 15.1. The lowest BCUT2D eigenvalue weighted by Gasteiger charge is -2.18. The zero-order valence-corrected chi connectivity index (χ0v) is 12.0. The number of benzene rings is 1. The minimum atomic E-state index is 0.417. The topological polar surface area (TPSA) is 15.6 Å². The molecular formula is C16H26N2. The molecule has 0 radical (unpaired) electrons. The van der Waals surface area contributed by atoms with Gasteiger partial charge in [0.1, 0.15) is 0 Å². The number of rotatable bonds is 8. The molecule has 0 fully saturated rings. The van der Waals surface area contributed by atoms with Crippen LogP contribution in [0.3, 0.4) is 0 Å². The summed E-state index contributed by atoms with van der Waals surface area (Å²) in [5.74, 6) is 0. The lowest BCUT2D eigenvalue weighted by atomic mass is 10.2. The van der Waals surface area contributed by atoms with Gasteiger partial charge in [0.2, 0.25) is 0 Å². The van der Waals surface area contributed by atoms with Gasteiger partial charge in [-0.25, -0.2) is 0 Å². The molecule has 0 aliphatic carbocycles. The molecule has 0 saturated carbocycles. The largest absolute Gasteiger partial charge is 0.304 e. The summed E-state index contributed by atoms with van der Waals surface area (Å²) in [6.07, 6.45) is 4.39. The smallest absolute Gasteiger partial charge is 0.0472 e. The fourth-order valence-electron chi connectivity index (χ4n) is 1.98. The maximum Gasteiger partial charge on any atom is 0.0472 e. The van der Waals surface area contributed by atoms with E-state index < -0.39 is 0 Å². The molecule has 0 aliphatic rings. The highest BCUT2D eigenvalue weighted by molar-refractivity contribution is 5.79. The van der Waals surface area contributed by atoms with Crippen molar-refractivity contribution < 1.29 is 0 Å². The first-order valence-corrected chi connectivity index (χ1v) is 7.06. The minimum absolute atomic E-state index is 0.417. The Morgan fingerprint density at radius 1 is 1.17 bits per heavy atom. The van der Waals surface area contributed by atoms with E-state index in [1.54, 1.807) is 0 Å². The van der Waals surface area contributed by atoms with Crippen LogP contribution in [0.4, 0.5) is 0 Å². The fraction of sp³-hybridized carbons (Fsp3) is 0.562. The Morgan fingerprint density at radius 3 is 2.44 bits per heavy atom. The van der Waals surface area contributed by atoms with Crippen molar-refractivity contribution in [2.45, 2.75) is 39.7 Å². The van der Waals surface area contributed by atoms with Crippen LogP contribution < -0.4 is 0 Å². The molecular weight excluding hydrogens is 220 g/mol. The van der Waals surface area contributed by atoms with E-state index in [-0.39, 0.29) is 0 Å². The van der Waals surface area contributed by atoms with Gasteiger partial charge < -0.3 is 4.90 Å². The average Bonchev–Trinajstić information content (AvgIpc) is 2.42. The standard InChI is InChI=1S/C16H26N2/c1-4-18(5-2)13-9-10-15(3)17-14-16-11-7-6-8-12-16/h6-8,11-12,14-15H,4-5,9-10,13H2,1-3H3. The summed E-state index contributed by atoms with van der Waals surface area (Å²) in [5.41, 5.74) is 1.19. The van der Waals surface area contributed by atoms with Crippen molar-refractivity contribution in [2.24, 2.45) is 4.99 Å². The van der Waals surface area contributed by atoms with Crippen molar-refractivity contribution in [3.8, 4) is 0 Å². The maximum absolute atomic E-state index is 4.60. The Balaban J connectivity index is 2.25. The van der Waals surface area contributed by atoms with E-state index in [4.69, 9.17) is 0 Å². The summed E-state index contributed by atoms with van der Waals surface area (Å²) in [6, 6.07) is 10.7. The minimum Gasteiger partial charge on any atom is -0.304 e. The second-order valence-electron chi connectivity index (χ2n) is 4.71. The molecule has 0 bridgehead atoms. The van der Waals surface area contributed by atoms with Crippen LogP contribution in [0.2, 0.25) is 0 Å². The third-order valence-corrected chi connectivity index (χ3v) is 3.27. The zero-order valence-electron chi connectivity index (χ0n) is 12.0. The van der Waals surface area contributed by atoms with Gasteiger partial charge >= 0.3 is 0 Å². The summed E-state index contributed by atoms with van der Waals surface area (Å²) in [6.45, 7) is 10.1. The number of hydrogen-bond donors (Lipinski definition) is 0. The predicted octanol–water partition coefficient (Wildman–Crippen LogP) is 3.62. The van der Waals surface area contributed by atoms with Gasteiger partial charge in [0.15, 0.2) is 0 Å². The second-order valence-corrected chi connectivity index (χ2v) is 4.71. The van der Waals surface area contributed by atoms with Gasteiger partial charge in [-0.1, -0.05) is 44.2 Å². The first kappa shape index (κ1) is 14.9. The first-order valence-electron chi connectivity index (χ1n) is 7.06. The van der Waals surface area contributed by atoms with Gasteiger partial charge in [0.05, 0.1) is 0 Å². The molecule has 1 unspecified atom stereocenters. The molecule has 2 heteroatoms. The van der Waals surface area contributed by atoms with Crippen molar-refractivity contribution in [2.75, 3.05) is 19.6 Å². The van der Waals surface area contributed by atoms with Gasteiger partial charge in [0.25, 0.3) is 0 Å². The summed E-state index contributed by atoms with van der Waals surface area (Å²) < 4.78 is 0. The van der Waals surface area contributed by atoms with Crippen LogP contribution in [-0.2, 0) is 0 Å². The van der Waals surface area contributed by atoms with E-state index in [0.29, 0.717) is 6.04 Å². The van der Waals surface area contributed by atoms with Gasteiger partial charge in [-0.05, 0) is 45.0 Å². The Kier molecular flexibility index (Phi) is 7.35. The van der Waals surface area contributed by atoms with Crippen LogP contribution in [-0.4, -0.2) is 36.8 Å². The van der Waals surface area contributed by atoms with Crippen molar-refractivity contribution in [1.82, 2.24) is 4.90 Å². The SMILES string of the molecule is CCN(CC)CCCC(C)N=Cc1ccccc1. The lowest BCUT2D eigenvalue weighted by Crippen LogP contribution is -2.24. The first-order chi connectivity index (χ1) is 8.76. The molecule has 1 atom stereocenters. The van der Waals surface area contributed by atoms with Crippen LogP contribution in [0, 0.1) is 0 Å². The number of hydrogen-bond acceptors (Lipinski definition) is 2. The quantitative estimate of drug-likeness (QED) is 0.640. The summed E-state index contributed by atoms with van der Waals surface area (Å²) in [5, 5.41) is 0.